The normalized spacial score (nSPS) is 11.0. The van der Waals surface area contributed by atoms with Gasteiger partial charge < -0.3 is 9.47 Å². The number of para-hydroxylation sites is 2. The zero-order valence-corrected chi connectivity index (χ0v) is 25.2. The van der Waals surface area contributed by atoms with Crippen molar-refractivity contribution in [3.05, 3.63) is 118 Å². The highest BCUT2D eigenvalue weighted by molar-refractivity contribution is 7.90. The van der Waals surface area contributed by atoms with Gasteiger partial charge in [0, 0.05) is 0 Å². The van der Waals surface area contributed by atoms with Crippen LogP contribution in [0.25, 0.3) is 0 Å². The van der Waals surface area contributed by atoms with Crippen molar-refractivity contribution in [2.45, 2.75) is 9.79 Å². The third kappa shape index (κ3) is 8.01. The minimum absolute atomic E-state index is 0.0397. The van der Waals surface area contributed by atoms with Crippen molar-refractivity contribution < 1.29 is 35.9 Å². The molecule has 0 heterocycles. The Morgan fingerprint density at radius 2 is 0.857 bits per heavy atom. The Bertz CT molecular complexity index is 1680. The van der Waals surface area contributed by atoms with E-state index in [1.807, 2.05) is 9.44 Å². The number of carbonyl (C=O) groups excluding carboxylic acids is 2. The first-order valence-electron chi connectivity index (χ1n) is 11.8. The number of hydrogen-bond acceptors (Lipinski definition) is 8. The Labute approximate surface area is 253 Å². The van der Waals surface area contributed by atoms with Gasteiger partial charge in [0.2, 0.25) is 0 Å². The van der Waals surface area contributed by atoms with E-state index in [1.165, 1.54) is 62.8 Å². The second kappa shape index (κ2) is 14.2. The number of methoxy groups -OCH3 is 2. The first-order valence-corrected chi connectivity index (χ1v) is 15.5. The molecule has 0 radical (unpaired) electrons. The molecular weight excluding hydrogens is 627 g/mol. The summed E-state index contributed by atoms with van der Waals surface area (Å²) in [6.45, 7) is 0. The summed E-state index contributed by atoms with van der Waals surface area (Å²) in [7, 11) is -5.31. The van der Waals surface area contributed by atoms with Crippen molar-refractivity contribution in [1.82, 2.24) is 9.44 Å². The zero-order valence-electron chi connectivity index (χ0n) is 22.1. The largest absolute Gasteiger partial charge is 0.496 e. The molecule has 220 valence electrons. The second-order valence-corrected chi connectivity index (χ2v) is 12.2. The van der Waals surface area contributed by atoms with E-state index >= 15 is 0 Å². The molecule has 0 saturated heterocycles. The monoisotopic (exact) mass is 650 g/mol. The van der Waals surface area contributed by atoms with E-state index in [2.05, 4.69) is 0 Å². The van der Waals surface area contributed by atoms with E-state index < -0.39 is 31.9 Å². The van der Waals surface area contributed by atoms with Gasteiger partial charge in [-0.1, -0.05) is 71.7 Å². The predicted octanol–water partition coefficient (Wildman–Crippen LogP) is 4.93. The third-order valence-electron chi connectivity index (χ3n) is 5.41. The average molecular weight is 652 g/mol. The van der Waals surface area contributed by atoms with E-state index in [-0.39, 0.29) is 42.5 Å². The van der Waals surface area contributed by atoms with Crippen molar-refractivity contribution in [2.75, 3.05) is 14.2 Å². The number of carbonyl (C=O) groups is 2. The van der Waals surface area contributed by atoms with Crippen molar-refractivity contribution in [3.8, 4) is 11.5 Å². The number of rotatable bonds is 8. The zero-order chi connectivity index (χ0) is 30.9. The number of nitrogens with one attached hydrogen (secondary N) is 2. The van der Waals surface area contributed by atoms with Gasteiger partial charge in [-0.05, 0) is 48.5 Å². The van der Waals surface area contributed by atoms with E-state index in [0.717, 1.165) is 0 Å². The fraction of sp³-hybridized carbons (Fsp3) is 0.0714. The number of sulfonamides is 2. The highest BCUT2D eigenvalue weighted by Crippen LogP contribution is 2.23. The van der Waals surface area contributed by atoms with Crippen molar-refractivity contribution in [3.63, 3.8) is 0 Å². The standard InChI is InChI=1S/2C14H12ClNO4S/c2*1-20-12-8-4-2-6-10(12)14(17)16-21(18,19)13-9-5-3-7-11(13)15/h2*2-9H,1H3,(H,16,17). The van der Waals surface area contributed by atoms with Gasteiger partial charge in [-0.3, -0.25) is 9.59 Å². The van der Waals surface area contributed by atoms with Gasteiger partial charge in [-0.2, -0.15) is 0 Å². The lowest BCUT2D eigenvalue weighted by Gasteiger charge is -2.10. The fourth-order valence-electron chi connectivity index (χ4n) is 3.45. The maximum Gasteiger partial charge on any atom is 0.268 e. The highest BCUT2D eigenvalue weighted by Gasteiger charge is 2.24. The molecule has 0 atom stereocenters. The molecule has 2 N–H and O–H groups in total. The van der Waals surface area contributed by atoms with Crippen LogP contribution < -0.4 is 18.9 Å². The van der Waals surface area contributed by atoms with Crippen LogP contribution in [0, 0.1) is 0 Å². The third-order valence-corrected chi connectivity index (χ3v) is 9.07. The molecule has 42 heavy (non-hydrogen) atoms. The summed E-state index contributed by atoms with van der Waals surface area (Å²) in [4.78, 5) is 23.9. The molecule has 4 aromatic rings. The van der Waals surface area contributed by atoms with Crippen LogP contribution in [0.5, 0.6) is 11.5 Å². The van der Waals surface area contributed by atoms with Gasteiger partial charge in [0.05, 0.1) is 35.4 Å². The molecular formula is C28H24Cl2N2O8S2. The van der Waals surface area contributed by atoms with Gasteiger partial charge in [0.15, 0.2) is 0 Å². The molecule has 0 saturated carbocycles. The lowest BCUT2D eigenvalue weighted by molar-refractivity contribution is 0.0969. The number of amides is 2. The molecule has 0 spiro atoms. The summed E-state index contributed by atoms with van der Waals surface area (Å²) in [5, 5.41) is 0.0793. The van der Waals surface area contributed by atoms with Crippen LogP contribution in [-0.4, -0.2) is 42.9 Å². The summed E-state index contributed by atoms with van der Waals surface area (Å²) in [5.41, 5.74) is 0.242. The number of hydrogen-bond donors (Lipinski definition) is 2. The molecule has 2 amide bonds. The topological polar surface area (TPSA) is 145 Å². The lowest BCUT2D eigenvalue weighted by atomic mass is 10.2. The molecule has 0 bridgehead atoms. The molecule has 0 aliphatic rings. The molecule has 0 fully saturated rings. The van der Waals surface area contributed by atoms with Crippen LogP contribution >= 0.6 is 23.2 Å². The molecule has 10 nitrogen and oxygen atoms in total. The van der Waals surface area contributed by atoms with Gasteiger partial charge in [-0.15, -0.1) is 0 Å². The van der Waals surface area contributed by atoms with Gasteiger partial charge >= 0.3 is 0 Å². The average Bonchev–Trinajstić information content (AvgIpc) is 2.97. The first-order chi connectivity index (χ1) is 19.9. The fourth-order valence-corrected chi connectivity index (χ4v) is 6.43. The Morgan fingerprint density at radius 3 is 1.19 bits per heavy atom. The smallest absolute Gasteiger partial charge is 0.268 e. The molecule has 0 aliphatic carbocycles. The first kappa shape index (κ1) is 32.4. The maximum atomic E-state index is 12.2. The van der Waals surface area contributed by atoms with Gasteiger partial charge in [0.25, 0.3) is 31.9 Å². The number of ether oxygens (including phenoxy) is 2. The lowest BCUT2D eigenvalue weighted by Crippen LogP contribution is -2.31. The molecule has 0 unspecified atom stereocenters. The van der Waals surface area contributed by atoms with Crippen LogP contribution in [0.2, 0.25) is 10.0 Å². The number of benzene rings is 4. The van der Waals surface area contributed by atoms with Crippen molar-refractivity contribution >= 4 is 55.1 Å². The predicted molar refractivity (Wildman–Crippen MR) is 158 cm³/mol. The van der Waals surface area contributed by atoms with E-state index in [0.29, 0.717) is 0 Å². The second-order valence-electron chi connectivity index (χ2n) is 8.13. The van der Waals surface area contributed by atoms with Crippen molar-refractivity contribution in [2.24, 2.45) is 0 Å². The van der Waals surface area contributed by atoms with Crippen LogP contribution in [0.15, 0.2) is 107 Å². The Balaban J connectivity index is 0.000000230. The highest BCUT2D eigenvalue weighted by atomic mass is 35.5. The molecule has 14 heteroatoms. The van der Waals surface area contributed by atoms with Crippen LogP contribution in [0.3, 0.4) is 0 Å². The minimum Gasteiger partial charge on any atom is -0.496 e. The van der Waals surface area contributed by atoms with Gasteiger partial charge in [0.1, 0.15) is 21.3 Å². The van der Waals surface area contributed by atoms with E-state index in [4.69, 9.17) is 32.7 Å². The van der Waals surface area contributed by atoms with Crippen LogP contribution in [0.4, 0.5) is 0 Å². The SMILES string of the molecule is COc1ccccc1C(=O)NS(=O)(=O)c1ccccc1Cl.COc1ccccc1C(=O)NS(=O)(=O)c1ccccc1Cl. The Kier molecular flexibility index (Phi) is 10.9. The maximum absolute atomic E-state index is 12.2. The summed E-state index contributed by atoms with van der Waals surface area (Å²) in [6, 6.07) is 24.4. The molecule has 4 rings (SSSR count). The number of halogens is 2. The summed E-state index contributed by atoms with van der Waals surface area (Å²) in [6.07, 6.45) is 0. The Morgan fingerprint density at radius 1 is 0.548 bits per heavy atom. The van der Waals surface area contributed by atoms with Gasteiger partial charge in [-0.25, -0.2) is 26.3 Å². The van der Waals surface area contributed by atoms with Crippen LogP contribution in [-0.2, 0) is 20.0 Å². The Hall–Kier alpha value is -4.10. The summed E-state index contributed by atoms with van der Waals surface area (Å²) >= 11 is 11.7. The van der Waals surface area contributed by atoms with E-state index in [1.54, 1.807) is 48.5 Å². The molecule has 0 aliphatic heterocycles. The minimum atomic E-state index is -4.05. The molecule has 0 aromatic heterocycles. The summed E-state index contributed by atoms with van der Waals surface area (Å²) in [5.74, 6) is -1.01. The molecule has 4 aromatic carbocycles. The van der Waals surface area contributed by atoms with Crippen LogP contribution in [0.1, 0.15) is 20.7 Å². The van der Waals surface area contributed by atoms with E-state index in [9.17, 15) is 26.4 Å². The summed E-state index contributed by atoms with van der Waals surface area (Å²) < 4.78 is 62.7. The quantitative estimate of drug-likeness (QED) is 0.273. The van der Waals surface area contributed by atoms with Crippen molar-refractivity contribution in [1.29, 1.82) is 0 Å².